The fourth-order valence-corrected chi connectivity index (χ4v) is 7.71. The molecule has 0 aliphatic rings. The van der Waals surface area contributed by atoms with Crippen LogP contribution < -0.4 is 0 Å². The highest BCUT2D eigenvalue weighted by atomic mass is 15.0. The van der Waals surface area contributed by atoms with E-state index in [4.69, 9.17) is 0 Å². The standard InChI is InChI=1S/C43H26N4/c44-27-28-19-23-39-36(25-28)34-22-24-40-42(43(34)47(39)30-13-5-2-6-14-30)35-16-8-10-18-38(35)46(40)31-20-21-33-32-15-7-9-17-37(32)45(41(33)26-31)29-11-3-1-4-12-29/h1-26H. The molecule has 0 aliphatic heterocycles. The van der Waals surface area contributed by atoms with Gasteiger partial charge in [-0.1, -0.05) is 84.9 Å². The average Bonchev–Trinajstić information content (AvgIpc) is 3.77. The minimum Gasteiger partial charge on any atom is -0.309 e. The lowest BCUT2D eigenvalue weighted by molar-refractivity contribution is 1.15. The molecule has 7 aromatic carbocycles. The first kappa shape index (κ1) is 25.7. The molecule has 0 N–H and O–H groups in total. The second-order valence-electron chi connectivity index (χ2n) is 12.1. The van der Waals surface area contributed by atoms with Crippen LogP contribution in [0.3, 0.4) is 0 Å². The third kappa shape index (κ3) is 3.57. The Morgan fingerprint density at radius 3 is 1.66 bits per heavy atom. The van der Waals surface area contributed by atoms with Crippen molar-refractivity contribution >= 4 is 65.4 Å². The fraction of sp³-hybridized carbons (Fsp3) is 0. The maximum atomic E-state index is 9.79. The van der Waals surface area contributed by atoms with E-state index in [-0.39, 0.29) is 0 Å². The number of fused-ring (bicyclic) bond motifs is 10. The third-order valence-corrected chi connectivity index (χ3v) is 9.64. The summed E-state index contributed by atoms with van der Waals surface area (Å²) in [6, 6.07) is 58.3. The highest BCUT2D eigenvalue weighted by Crippen LogP contribution is 2.43. The van der Waals surface area contributed by atoms with Crippen LogP contribution in [0.4, 0.5) is 0 Å². The van der Waals surface area contributed by atoms with Crippen molar-refractivity contribution in [2.24, 2.45) is 0 Å². The summed E-state index contributed by atoms with van der Waals surface area (Å²) in [5.41, 5.74) is 10.9. The predicted octanol–water partition coefficient (Wildman–Crippen LogP) is 10.8. The number of rotatable bonds is 3. The summed E-state index contributed by atoms with van der Waals surface area (Å²) in [6.07, 6.45) is 0. The van der Waals surface area contributed by atoms with E-state index in [1.54, 1.807) is 0 Å². The Balaban J connectivity index is 1.35. The molecule has 0 radical (unpaired) electrons. The van der Waals surface area contributed by atoms with Crippen LogP contribution in [0.5, 0.6) is 0 Å². The van der Waals surface area contributed by atoms with Crippen molar-refractivity contribution in [1.29, 1.82) is 5.26 Å². The summed E-state index contributed by atoms with van der Waals surface area (Å²) in [5, 5.41) is 16.9. The number of hydrogen-bond donors (Lipinski definition) is 0. The molecule has 3 heterocycles. The van der Waals surface area contributed by atoms with Crippen molar-refractivity contribution in [3.63, 3.8) is 0 Å². The lowest BCUT2D eigenvalue weighted by Crippen LogP contribution is -1.97. The van der Waals surface area contributed by atoms with Crippen LogP contribution in [-0.2, 0) is 0 Å². The van der Waals surface area contributed by atoms with Crippen LogP contribution in [0, 0.1) is 11.3 Å². The number of aromatic nitrogens is 3. The molecular weight excluding hydrogens is 573 g/mol. The van der Waals surface area contributed by atoms with Gasteiger partial charge in [0.25, 0.3) is 0 Å². The first-order valence-corrected chi connectivity index (χ1v) is 15.8. The van der Waals surface area contributed by atoms with E-state index in [0.717, 1.165) is 49.9 Å². The minimum absolute atomic E-state index is 0.661. The summed E-state index contributed by atoms with van der Waals surface area (Å²) in [4.78, 5) is 0. The van der Waals surface area contributed by atoms with Gasteiger partial charge >= 0.3 is 0 Å². The number of benzene rings is 7. The lowest BCUT2D eigenvalue weighted by Gasteiger charge is -2.12. The molecule has 0 unspecified atom stereocenters. The third-order valence-electron chi connectivity index (χ3n) is 9.64. The Morgan fingerprint density at radius 2 is 0.915 bits per heavy atom. The van der Waals surface area contributed by atoms with Crippen molar-refractivity contribution in [2.45, 2.75) is 0 Å². The van der Waals surface area contributed by atoms with Crippen LogP contribution in [0.25, 0.3) is 82.5 Å². The van der Waals surface area contributed by atoms with E-state index >= 15 is 0 Å². The number of para-hydroxylation sites is 4. The van der Waals surface area contributed by atoms with Crippen LogP contribution in [0.2, 0.25) is 0 Å². The van der Waals surface area contributed by atoms with Crippen molar-refractivity contribution in [1.82, 2.24) is 13.7 Å². The van der Waals surface area contributed by atoms with Crippen molar-refractivity contribution in [3.05, 3.63) is 163 Å². The van der Waals surface area contributed by atoms with E-state index in [0.29, 0.717) is 5.56 Å². The molecule has 218 valence electrons. The Morgan fingerprint density at radius 1 is 0.362 bits per heavy atom. The van der Waals surface area contributed by atoms with E-state index in [1.165, 1.54) is 32.6 Å². The van der Waals surface area contributed by atoms with Gasteiger partial charge in [-0.05, 0) is 72.8 Å². The van der Waals surface area contributed by atoms with Crippen LogP contribution in [0.1, 0.15) is 5.56 Å². The van der Waals surface area contributed by atoms with Gasteiger partial charge in [0, 0.05) is 49.4 Å². The molecule has 3 aromatic heterocycles. The summed E-state index contributed by atoms with van der Waals surface area (Å²) in [6.45, 7) is 0. The SMILES string of the molecule is N#Cc1ccc2c(c1)c1ccc3c(c4ccccc4n3-c3ccc4c5ccccc5n(-c5ccccc5)c4c3)c1n2-c1ccccc1. The van der Waals surface area contributed by atoms with Crippen molar-refractivity contribution in [3.8, 4) is 23.1 Å². The monoisotopic (exact) mass is 598 g/mol. The molecule has 0 atom stereocenters. The minimum atomic E-state index is 0.661. The normalized spacial score (nSPS) is 11.8. The predicted molar refractivity (Wildman–Crippen MR) is 194 cm³/mol. The molecule has 47 heavy (non-hydrogen) atoms. The van der Waals surface area contributed by atoms with Gasteiger partial charge in [0.15, 0.2) is 0 Å². The van der Waals surface area contributed by atoms with Crippen LogP contribution >= 0.6 is 0 Å². The van der Waals surface area contributed by atoms with Gasteiger partial charge in [-0.25, -0.2) is 0 Å². The quantitative estimate of drug-likeness (QED) is 0.199. The summed E-state index contributed by atoms with van der Waals surface area (Å²) in [5.74, 6) is 0. The maximum Gasteiger partial charge on any atom is 0.0991 e. The molecule has 4 nitrogen and oxygen atoms in total. The van der Waals surface area contributed by atoms with E-state index < -0.39 is 0 Å². The van der Waals surface area contributed by atoms with Gasteiger partial charge in [0.2, 0.25) is 0 Å². The molecule has 10 aromatic rings. The largest absolute Gasteiger partial charge is 0.309 e. The van der Waals surface area contributed by atoms with Gasteiger partial charge in [-0.3, -0.25) is 0 Å². The first-order valence-electron chi connectivity index (χ1n) is 15.8. The number of hydrogen-bond acceptors (Lipinski definition) is 1. The molecule has 0 fully saturated rings. The first-order chi connectivity index (χ1) is 23.3. The molecule has 0 saturated carbocycles. The summed E-state index contributed by atoms with van der Waals surface area (Å²) < 4.78 is 7.14. The highest BCUT2D eigenvalue weighted by Gasteiger charge is 2.22. The topological polar surface area (TPSA) is 38.6 Å². The van der Waals surface area contributed by atoms with Crippen LogP contribution in [-0.4, -0.2) is 13.7 Å². The Labute approximate surface area is 270 Å². The number of nitrogens with zero attached hydrogens (tertiary/aromatic N) is 4. The summed E-state index contributed by atoms with van der Waals surface area (Å²) >= 11 is 0. The molecule has 0 saturated heterocycles. The second-order valence-corrected chi connectivity index (χ2v) is 12.1. The lowest BCUT2D eigenvalue weighted by atomic mass is 10.1. The zero-order valence-electron chi connectivity index (χ0n) is 25.3. The van der Waals surface area contributed by atoms with Crippen molar-refractivity contribution < 1.29 is 0 Å². The zero-order chi connectivity index (χ0) is 31.1. The fourth-order valence-electron chi connectivity index (χ4n) is 7.71. The smallest absolute Gasteiger partial charge is 0.0991 e. The number of nitriles is 1. The van der Waals surface area contributed by atoms with Gasteiger partial charge in [0.05, 0.1) is 44.7 Å². The van der Waals surface area contributed by atoms with E-state index in [9.17, 15) is 5.26 Å². The van der Waals surface area contributed by atoms with E-state index in [2.05, 4.69) is 165 Å². The molecule has 0 amide bonds. The van der Waals surface area contributed by atoms with E-state index in [1.807, 2.05) is 12.1 Å². The Kier molecular flexibility index (Phi) is 5.32. The average molecular weight is 599 g/mol. The maximum absolute atomic E-state index is 9.79. The molecule has 10 rings (SSSR count). The van der Waals surface area contributed by atoms with Gasteiger partial charge in [0.1, 0.15) is 0 Å². The zero-order valence-corrected chi connectivity index (χ0v) is 25.3. The Hall–Kier alpha value is -6.57. The molecule has 0 aliphatic carbocycles. The molecule has 4 heteroatoms. The molecule has 0 bridgehead atoms. The highest BCUT2D eigenvalue weighted by molar-refractivity contribution is 6.26. The van der Waals surface area contributed by atoms with Gasteiger partial charge in [-0.15, -0.1) is 0 Å². The van der Waals surface area contributed by atoms with Crippen molar-refractivity contribution in [2.75, 3.05) is 0 Å². The van der Waals surface area contributed by atoms with Gasteiger partial charge in [-0.2, -0.15) is 5.26 Å². The second kappa shape index (κ2) is 9.71. The van der Waals surface area contributed by atoms with Crippen LogP contribution in [0.15, 0.2) is 158 Å². The Bertz CT molecular complexity index is 2900. The summed E-state index contributed by atoms with van der Waals surface area (Å²) in [7, 11) is 0. The molecular formula is C43H26N4. The molecule has 0 spiro atoms. The van der Waals surface area contributed by atoms with Gasteiger partial charge < -0.3 is 13.7 Å².